The fourth-order valence-corrected chi connectivity index (χ4v) is 2.74. The van der Waals surface area contributed by atoms with Gasteiger partial charge in [0.25, 0.3) is 0 Å². The fourth-order valence-electron chi connectivity index (χ4n) is 2.49. The third-order valence-electron chi connectivity index (χ3n) is 3.62. The van der Waals surface area contributed by atoms with Crippen LogP contribution in [0.15, 0.2) is 6.20 Å². The van der Waals surface area contributed by atoms with Gasteiger partial charge >= 0.3 is 0 Å². The molecule has 2 atom stereocenters. The number of aromatic nitrogens is 2. The molecular weight excluding hydrogens is 264 g/mol. The molecule has 1 aromatic heterocycles. The van der Waals surface area contributed by atoms with Crippen LogP contribution in [-0.4, -0.2) is 47.0 Å². The molecule has 1 aliphatic rings. The SMILES string of the molecule is CCN1CCOC(C(N)c2c(Cl)cnn2C(C)C)C1. The standard InChI is InChI=1S/C13H23ClN4O/c1-4-17-5-6-19-11(8-17)12(15)13-10(14)7-16-18(13)9(2)3/h7,9,11-12H,4-6,8,15H2,1-3H3. The number of hydrogen-bond donors (Lipinski definition) is 1. The summed E-state index contributed by atoms with van der Waals surface area (Å²) in [5, 5.41) is 4.93. The van der Waals surface area contributed by atoms with Crippen LogP contribution >= 0.6 is 11.6 Å². The molecule has 5 nitrogen and oxygen atoms in total. The van der Waals surface area contributed by atoms with Crippen LogP contribution in [0.5, 0.6) is 0 Å². The summed E-state index contributed by atoms with van der Waals surface area (Å²) in [7, 11) is 0. The van der Waals surface area contributed by atoms with E-state index in [0.717, 1.165) is 31.9 Å². The summed E-state index contributed by atoms with van der Waals surface area (Å²) >= 11 is 6.24. The summed E-state index contributed by atoms with van der Waals surface area (Å²) in [6.45, 7) is 9.84. The zero-order chi connectivity index (χ0) is 14.0. The maximum Gasteiger partial charge on any atom is 0.0910 e. The second-order valence-electron chi connectivity index (χ2n) is 5.24. The minimum absolute atomic E-state index is 0.0274. The largest absolute Gasteiger partial charge is 0.374 e. The number of ether oxygens (including phenoxy) is 1. The first-order valence-electron chi connectivity index (χ1n) is 6.87. The van der Waals surface area contributed by atoms with Gasteiger partial charge in [0.15, 0.2) is 0 Å². The number of halogens is 1. The van der Waals surface area contributed by atoms with E-state index in [1.54, 1.807) is 6.20 Å². The first-order valence-corrected chi connectivity index (χ1v) is 7.24. The van der Waals surface area contributed by atoms with Gasteiger partial charge in [0.2, 0.25) is 0 Å². The predicted molar refractivity (Wildman–Crippen MR) is 76.4 cm³/mol. The predicted octanol–water partition coefficient (Wildman–Crippen LogP) is 1.84. The van der Waals surface area contributed by atoms with Gasteiger partial charge in [-0.05, 0) is 20.4 Å². The van der Waals surface area contributed by atoms with Gasteiger partial charge < -0.3 is 10.5 Å². The summed E-state index contributed by atoms with van der Waals surface area (Å²) in [4.78, 5) is 2.35. The first kappa shape index (κ1) is 14.8. The molecule has 1 saturated heterocycles. The van der Waals surface area contributed by atoms with Crippen molar-refractivity contribution >= 4 is 11.6 Å². The van der Waals surface area contributed by atoms with Gasteiger partial charge in [-0.3, -0.25) is 9.58 Å². The number of rotatable bonds is 4. The van der Waals surface area contributed by atoms with Crippen molar-refractivity contribution in [1.29, 1.82) is 0 Å². The Kier molecular flexibility index (Phi) is 4.84. The molecule has 1 fully saturated rings. The van der Waals surface area contributed by atoms with E-state index in [-0.39, 0.29) is 18.2 Å². The van der Waals surface area contributed by atoms with Crippen LogP contribution in [0.2, 0.25) is 5.02 Å². The Bertz CT molecular complexity index is 421. The smallest absolute Gasteiger partial charge is 0.0910 e. The van der Waals surface area contributed by atoms with Crippen molar-refractivity contribution in [1.82, 2.24) is 14.7 Å². The molecule has 6 heteroatoms. The van der Waals surface area contributed by atoms with Crippen molar-refractivity contribution in [3.8, 4) is 0 Å². The van der Waals surface area contributed by atoms with Crippen molar-refractivity contribution in [3.05, 3.63) is 16.9 Å². The molecule has 0 aromatic carbocycles. The van der Waals surface area contributed by atoms with Crippen molar-refractivity contribution in [2.75, 3.05) is 26.2 Å². The molecule has 0 bridgehead atoms. The fraction of sp³-hybridized carbons (Fsp3) is 0.769. The van der Waals surface area contributed by atoms with Crippen molar-refractivity contribution < 1.29 is 4.74 Å². The maximum atomic E-state index is 6.37. The van der Waals surface area contributed by atoms with Gasteiger partial charge in [0.05, 0.1) is 35.7 Å². The highest BCUT2D eigenvalue weighted by Crippen LogP contribution is 2.28. The molecule has 0 aliphatic carbocycles. The molecule has 2 heterocycles. The average Bonchev–Trinajstić information content (AvgIpc) is 2.80. The van der Waals surface area contributed by atoms with E-state index in [4.69, 9.17) is 22.1 Å². The third kappa shape index (κ3) is 3.11. The Balaban J connectivity index is 2.19. The van der Waals surface area contributed by atoms with Gasteiger partial charge in [0, 0.05) is 19.1 Å². The summed E-state index contributed by atoms with van der Waals surface area (Å²) in [6, 6.07) is -0.00818. The summed E-state index contributed by atoms with van der Waals surface area (Å²) in [6.07, 6.45) is 1.64. The molecule has 19 heavy (non-hydrogen) atoms. The molecule has 1 aliphatic heterocycles. The van der Waals surface area contributed by atoms with Crippen molar-refractivity contribution in [3.63, 3.8) is 0 Å². The first-order chi connectivity index (χ1) is 9.04. The summed E-state index contributed by atoms with van der Waals surface area (Å²) < 4.78 is 7.71. The van der Waals surface area contributed by atoms with E-state index in [1.165, 1.54) is 0 Å². The van der Waals surface area contributed by atoms with E-state index in [0.29, 0.717) is 5.02 Å². The van der Waals surface area contributed by atoms with E-state index in [9.17, 15) is 0 Å². The monoisotopic (exact) mass is 286 g/mol. The van der Waals surface area contributed by atoms with Crippen molar-refractivity contribution in [2.24, 2.45) is 5.73 Å². The van der Waals surface area contributed by atoms with Crippen LogP contribution in [0.25, 0.3) is 0 Å². The molecule has 0 spiro atoms. The second kappa shape index (κ2) is 6.22. The summed E-state index contributed by atoms with van der Waals surface area (Å²) in [5.74, 6) is 0. The lowest BCUT2D eigenvalue weighted by Gasteiger charge is -2.35. The van der Waals surface area contributed by atoms with Crippen LogP contribution in [-0.2, 0) is 4.74 Å². The van der Waals surface area contributed by atoms with Crippen LogP contribution in [0, 0.1) is 0 Å². The quantitative estimate of drug-likeness (QED) is 0.918. The molecule has 2 rings (SSSR count). The molecular formula is C13H23ClN4O. The lowest BCUT2D eigenvalue weighted by Crippen LogP contribution is -2.47. The van der Waals surface area contributed by atoms with Gasteiger partial charge in [-0.15, -0.1) is 0 Å². The molecule has 0 radical (unpaired) electrons. The second-order valence-corrected chi connectivity index (χ2v) is 5.65. The normalized spacial score (nSPS) is 22.9. The lowest BCUT2D eigenvalue weighted by atomic mass is 10.1. The topological polar surface area (TPSA) is 56.3 Å². The lowest BCUT2D eigenvalue weighted by molar-refractivity contribution is -0.0405. The van der Waals surface area contributed by atoms with Crippen LogP contribution in [0.4, 0.5) is 0 Å². The molecule has 0 amide bonds. The highest BCUT2D eigenvalue weighted by atomic mass is 35.5. The summed E-state index contributed by atoms with van der Waals surface area (Å²) in [5.41, 5.74) is 7.25. The zero-order valence-corrected chi connectivity index (χ0v) is 12.6. The third-order valence-corrected chi connectivity index (χ3v) is 3.91. The van der Waals surface area contributed by atoms with Gasteiger partial charge in [-0.25, -0.2) is 0 Å². The van der Waals surface area contributed by atoms with Gasteiger partial charge in [0.1, 0.15) is 0 Å². The minimum atomic E-state index is -0.244. The van der Waals surface area contributed by atoms with Gasteiger partial charge in [-0.1, -0.05) is 18.5 Å². The molecule has 1 aromatic rings. The number of hydrogen-bond acceptors (Lipinski definition) is 4. The Morgan fingerprint density at radius 2 is 2.32 bits per heavy atom. The van der Waals surface area contributed by atoms with Crippen LogP contribution in [0.1, 0.15) is 38.5 Å². The van der Waals surface area contributed by atoms with Crippen LogP contribution < -0.4 is 5.73 Å². The van der Waals surface area contributed by atoms with E-state index < -0.39 is 0 Å². The van der Waals surface area contributed by atoms with Gasteiger partial charge in [-0.2, -0.15) is 5.10 Å². The Morgan fingerprint density at radius 1 is 1.58 bits per heavy atom. The Morgan fingerprint density at radius 3 is 2.95 bits per heavy atom. The van der Waals surface area contributed by atoms with Crippen molar-refractivity contribution in [2.45, 2.75) is 39.0 Å². The van der Waals surface area contributed by atoms with E-state index in [2.05, 4.69) is 30.8 Å². The number of nitrogens with zero attached hydrogens (tertiary/aromatic N) is 3. The number of likely N-dealkylation sites (N-methyl/N-ethyl adjacent to an activating group) is 1. The molecule has 108 valence electrons. The Hall–Kier alpha value is -0.620. The minimum Gasteiger partial charge on any atom is -0.374 e. The maximum absolute atomic E-state index is 6.37. The zero-order valence-electron chi connectivity index (χ0n) is 11.8. The average molecular weight is 287 g/mol. The number of morpholine rings is 1. The number of nitrogens with two attached hydrogens (primary N) is 1. The highest BCUT2D eigenvalue weighted by molar-refractivity contribution is 6.31. The van der Waals surface area contributed by atoms with E-state index in [1.807, 2.05) is 4.68 Å². The molecule has 2 unspecified atom stereocenters. The Labute approximate surface area is 119 Å². The van der Waals surface area contributed by atoms with Crippen LogP contribution in [0.3, 0.4) is 0 Å². The van der Waals surface area contributed by atoms with E-state index >= 15 is 0 Å². The molecule has 2 N–H and O–H groups in total. The highest BCUT2D eigenvalue weighted by Gasteiger charge is 2.30. The molecule has 0 saturated carbocycles.